The van der Waals surface area contributed by atoms with Crippen LogP contribution in [0.25, 0.3) is 0 Å². The largest absolute Gasteiger partial charge is 0.332 e. The lowest BCUT2D eigenvalue weighted by atomic mass is 10.0. The highest BCUT2D eigenvalue weighted by molar-refractivity contribution is 7.99. The Morgan fingerprint density at radius 1 is 0.600 bits per heavy atom. The number of rotatable bonds is 8. The van der Waals surface area contributed by atoms with Crippen LogP contribution in [0.3, 0.4) is 0 Å². The first-order chi connectivity index (χ1) is 17.0. The number of hydrogen-bond donors (Lipinski definition) is 0. The molecule has 0 fully saturated rings. The molecule has 0 radical (unpaired) electrons. The Bertz CT molecular complexity index is 1360. The second-order valence-electron chi connectivity index (χ2n) is 7.56. The highest BCUT2D eigenvalue weighted by atomic mass is 32.2. The van der Waals surface area contributed by atoms with E-state index in [0.29, 0.717) is 22.3 Å². The number of carbonyl (C=O) groups excluding carboxylic acids is 3. The Hall–Kier alpha value is -4.29. The molecule has 0 aliphatic carbocycles. The van der Waals surface area contributed by atoms with Crippen molar-refractivity contribution in [1.82, 2.24) is 0 Å². The number of Topliss-reactive ketones (excluding diaryl/α,β-unsaturated/α-hetero) is 1. The van der Waals surface area contributed by atoms with Crippen molar-refractivity contribution in [1.29, 1.82) is 0 Å². The molecule has 0 saturated carbocycles. The molecule has 0 amide bonds. The summed E-state index contributed by atoms with van der Waals surface area (Å²) in [5, 5.41) is 3.79. The van der Waals surface area contributed by atoms with Crippen LogP contribution in [0, 0.1) is 0 Å². The zero-order chi connectivity index (χ0) is 24.6. The summed E-state index contributed by atoms with van der Waals surface area (Å²) in [5.41, 5.74) is 2.32. The fourth-order valence-electron chi connectivity index (χ4n) is 3.31. The highest BCUT2D eigenvalue weighted by Crippen LogP contribution is 2.28. The normalized spacial score (nSPS) is 11.1. The average molecular weight is 480 g/mol. The Balaban J connectivity index is 1.47. The summed E-state index contributed by atoms with van der Waals surface area (Å²) in [6.45, 7) is 1.23. The fraction of sp³-hybridized carbons (Fsp3) is 0.0345. The smallest absolute Gasteiger partial charge is 0.318 e. The van der Waals surface area contributed by atoms with Gasteiger partial charge in [0.25, 0.3) is 0 Å². The molecular weight excluding hydrogens is 458 g/mol. The molecule has 4 rings (SSSR count). The zero-order valence-corrected chi connectivity index (χ0v) is 19.7. The third-order valence-electron chi connectivity index (χ3n) is 5.03. The molecule has 0 N–H and O–H groups in total. The predicted octanol–water partition coefficient (Wildman–Crippen LogP) is 6.22. The molecule has 6 heteroatoms. The van der Waals surface area contributed by atoms with E-state index in [1.807, 2.05) is 60.7 Å². The van der Waals surface area contributed by atoms with Gasteiger partial charge in [0.05, 0.1) is 0 Å². The lowest BCUT2D eigenvalue weighted by Crippen LogP contribution is -2.17. The van der Waals surface area contributed by atoms with Gasteiger partial charge in [-0.25, -0.2) is 4.79 Å². The van der Waals surface area contributed by atoms with Gasteiger partial charge in [0.15, 0.2) is 11.5 Å². The van der Waals surface area contributed by atoms with Crippen molar-refractivity contribution in [3.05, 3.63) is 131 Å². The third-order valence-corrected chi connectivity index (χ3v) is 6.05. The van der Waals surface area contributed by atoms with E-state index in [1.165, 1.54) is 18.7 Å². The van der Waals surface area contributed by atoms with Gasteiger partial charge in [-0.15, -0.1) is 0 Å². The van der Waals surface area contributed by atoms with Gasteiger partial charge in [0.1, 0.15) is 0 Å². The Labute approximate surface area is 207 Å². The maximum absolute atomic E-state index is 13.1. The van der Waals surface area contributed by atoms with Crippen LogP contribution >= 0.6 is 11.8 Å². The molecular formula is C29H21NO4S. The minimum Gasteiger partial charge on any atom is -0.318 e. The number of ketones is 2. The number of hydrogen-bond acceptors (Lipinski definition) is 6. The topological polar surface area (TPSA) is 72.8 Å². The molecule has 4 aromatic carbocycles. The van der Waals surface area contributed by atoms with E-state index in [1.54, 1.807) is 48.5 Å². The van der Waals surface area contributed by atoms with Gasteiger partial charge in [-0.3, -0.25) is 9.59 Å². The quantitative estimate of drug-likeness (QED) is 0.130. The molecule has 5 nitrogen and oxygen atoms in total. The average Bonchev–Trinajstić information content (AvgIpc) is 2.90. The Kier molecular flexibility index (Phi) is 7.65. The van der Waals surface area contributed by atoms with Crippen LogP contribution in [0.4, 0.5) is 0 Å². The van der Waals surface area contributed by atoms with Crippen LogP contribution in [0.2, 0.25) is 0 Å². The van der Waals surface area contributed by atoms with Crippen LogP contribution in [-0.2, 0) is 9.63 Å². The molecule has 0 spiro atoms. The first-order valence-electron chi connectivity index (χ1n) is 10.8. The lowest BCUT2D eigenvalue weighted by molar-refractivity contribution is -0.140. The Morgan fingerprint density at radius 2 is 1.06 bits per heavy atom. The molecule has 0 atom stereocenters. The summed E-state index contributed by atoms with van der Waals surface area (Å²) in [7, 11) is 0. The predicted molar refractivity (Wildman–Crippen MR) is 136 cm³/mol. The molecule has 4 aromatic rings. The fourth-order valence-corrected chi connectivity index (χ4v) is 4.13. The SMILES string of the molecule is CC(=O)O/N=C(/C(=O)c1ccc(Sc2ccc(C(=O)c3ccccc3)cc2)cc1)c1ccccc1. The summed E-state index contributed by atoms with van der Waals surface area (Å²) in [5.74, 6) is -0.970. The second-order valence-corrected chi connectivity index (χ2v) is 8.71. The van der Waals surface area contributed by atoms with Crippen LogP contribution in [0.5, 0.6) is 0 Å². The van der Waals surface area contributed by atoms with E-state index in [2.05, 4.69) is 5.16 Å². The standard InChI is InChI=1S/C29H21NO4S/c1-20(31)34-30-27(21-8-4-2-5-9-21)29(33)24-14-18-26(19-15-24)35-25-16-12-23(13-17-25)28(32)22-10-6-3-7-11-22/h2-19H,1H3/b30-27+. The minimum absolute atomic E-state index is 0.0188. The van der Waals surface area contributed by atoms with Gasteiger partial charge in [-0.1, -0.05) is 77.6 Å². The summed E-state index contributed by atoms with van der Waals surface area (Å²) in [4.78, 5) is 43.6. The van der Waals surface area contributed by atoms with E-state index in [4.69, 9.17) is 4.84 Å². The molecule has 0 unspecified atom stereocenters. The Morgan fingerprint density at radius 3 is 1.57 bits per heavy atom. The first-order valence-corrected chi connectivity index (χ1v) is 11.7. The molecule has 0 saturated heterocycles. The van der Waals surface area contributed by atoms with Gasteiger partial charge in [-0.2, -0.15) is 0 Å². The summed E-state index contributed by atoms with van der Waals surface area (Å²) in [6, 6.07) is 32.6. The number of oxime groups is 1. The number of benzene rings is 4. The van der Waals surface area contributed by atoms with Crippen LogP contribution < -0.4 is 0 Å². The molecule has 0 aromatic heterocycles. The van der Waals surface area contributed by atoms with Crippen LogP contribution in [-0.4, -0.2) is 23.2 Å². The van der Waals surface area contributed by atoms with Gasteiger partial charge < -0.3 is 4.84 Å². The molecule has 172 valence electrons. The van der Waals surface area contributed by atoms with Crippen molar-refractivity contribution < 1.29 is 19.2 Å². The van der Waals surface area contributed by atoms with Crippen molar-refractivity contribution in [2.75, 3.05) is 0 Å². The van der Waals surface area contributed by atoms with E-state index in [9.17, 15) is 14.4 Å². The molecule has 0 bridgehead atoms. The van der Waals surface area contributed by atoms with E-state index in [-0.39, 0.29) is 17.3 Å². The van der Waals surface area contributed by atoms with Crippen molar-refractivity contribution in [2.24, 2.45) is 5.16 Å². The molecule has 0 heterocycles. The van der Waals surface area contributed by atoms with Gasteiger partial charge in [-0.05, 0) is 48.5 Å². The molecule has 35 heavy (non-hydrogen) atoms. The molecule has 0 aliphatic rings. The second kappa shape index (κ2) is 11.2. The van der Waals surface area contributed by atoms with Crippen LogP contribution in [0.1, 0.15) is 38.8 Å². The van der Waals surface area contributed by atoms with Crippen LogP contribution in [0.15, 0.2) is 124 Å². The third kappa shape index (κ3) is 6.19. The van der Waals surface area contributed by atoms with E-state index >= 15 is 0 Å². The van der Waals surface area contributed by atoms with Crippen molar-refractivity contribution in [3.63, 3.8) is 0 Å². The maximum atomic E-state index is 13.1. The van der Waals surface area contributed by atoms with E-state index < -0.39 is 5.97 Å². The van der Waals surface area contributed by atoms with Crippen molar-refractivity contribution in [3.8, 4) is 0 Å². The van der Waals surface area contributed by atoms with Gasteiger partial charge in [0.2, 0.25) is 5.78 Å². The maximum Gasteiger partial charge on any atom is 0.332 e. The number of carbonyl (C=O) groups is 3. The summed E-state index contributed by atoms with van der Waals surface area (Å²) in [6.07, 6.45) is 0. The van der Waals surface area contributed by atoms with Crippen molar-refractivity contribution >= 4 is 35.0 Å². The minimum atomic E-state index is -0.602. The summed E-state index contributed by atoms with van der Waals surface area (Å²) < 4.78 is 0. The zero-order valence-electron chi connectivity index (χ0n) is 18.9. The monoisotopic (exact) mass is 479 g/mol. The highest BCUT2D eigenvalue weighted by Gasteiger charge is 2.18. The van der Waals surface area contributed by atoms with Crippen molar-refractivity contribution in [2.45, 2.75) is 16.7 Å². The van der Waals surface area contributed by atoms with Gasteiger partial charge >= 0.3 is 5.97 Å². The number of nitrogens with zero attached hydrogens (tertiary/aromatic N) is 1. The summed E-state index contributed by atoms with van der Waals surface area (Å²) >= 11 is 1.52. The molecule has 0 aliphatic heterocycles. The van der Waals surface area contributed by atoms with E-state index in [0.717, 1.165) is 9.79 Å². The lowest BCUT2D eigenvalue weighted by Gasteiger charge is -2.07. The van der Waals surface area contributed by atoms with Gasteiger partial charge in [0, 0.05) is 39.0 Å². The first kappa shape index (κ1) is 23.9.